The summed E-state index contributed by atoms with van der Waals surface area (Å²) in [7, 11) is 0. The normalized spacial score (nSPS) is 14.6. The number of nitrogens with zero attached hydrogens (tertiary/aromatic N) is 1. The molecular weight excluding hydrogens is 452 g/mol. The average Bonchev–Trinajstić information content (AvgIpc) is 3.08. The Hall–Kier alpha value is -3.42. The number of amides is 2. The van der Waals surface area contributed by atoms with E-state index in [1.807, 2.05) is 74.5 Å². The van der Waals surface area contributed by atoms with Crippen LogP contribution in [-0.4, -0.2) is 22.7 Å². The van der Waals surface area contributed by atoms with Crippen LogP contribution in [0.15, 0.2) is 77.7 Å². The van der Waals surface area contributed by atoms with E-state index in [0.29, 0.717) is 15.0 Å². The second-order valence-electron chi connectivity index (χ2n) is 7.58. The molecule has 2 amide bonds. The second-order valence-corrected chi connectivity index (χ2v) is 9.26. The van der Waals surface area contributed by atoms with Crippen molar-refractivity contribution in [2.75, 3.05) is 16.8 Å². The van der Waals surface area contributed by atoms with Gasteiger partial charge < -0.3 is 10.1 Å². The number of anilines is 2. The van der Waals surface area contributed by atoms with Gasteiger partial charge in [-0.3, -0.25) is 14.5 Å². The number of thiocarbonyl (C=S) groups is 1. The van der Waals surface area contributed by atoms with Crippen molar-refractivity contribution in [1.29, 1.82) is 0 Å². The van der Waals surface area contributed by atoms with Crippen molar-refractivity contribution in [2.45, 2.75) is 13.8 Å². The Labute approximate surface area is 202 Å². The minimum atomic E-state index is -0.238. The van der Waals surface area contributed by atoms with E-state index in [-0.39, 0.29) is 18.4 Å². The quantitative estimate of drug-likeness (QED) is 0.365. The number of hydrogen-bond acceptors (Lipinski definition) is 5. The first-order chi connectivity index (χ1) is 15.9. The van der Waals surface area contributed by atoms with Gasteiger partial charge in [-0.2, -0.15) is 0 Å². The van der Waals surface area contributed by atoms with Gasteiger partial charge in [-0.25, -0.2) is 0 Å². The highest BCUT2D eigenvalue weighted by Gasteiger charge is 2.33. The lowest BCUT2D eigenvalue weighted by Crippen LogP contribution is -2.27. The molecule has 0 saturated carbocycles. The molecule has 1 aliphatic heterocycles. The number of ether oxygens (including phenoxy) is 1. The molecule has 1 fully saturated rings. The molecule has 0 aliphatic carbocycles. The maximum Gasteiger partial charge on any atom is 0.270 e. The molecule has 33 heavy (non-hydrogen) atoms. The van der Waals surface area contributed by atoms with Crippen LogP contribution in [0.5, 0.6) is 5.75 Å². The van der Waals surface area contributed by atoms with Crippen LogP contribution in [0.1, 0.15) is 16.7 Å². The fraction of sp³-hybridized carbons (Fsp3) is 0.115. The zero-order chi connectivity index (χ0) is 23.4. The zero-order valence-electron chi connectivity index (χ0n) is 18.2. The van der Waals surface area contributed by atoms with E-state index >= 15 is 0 Å². The smallest absolute Gasteiger partial charge is 0.270 e. The molecule has 0 bridgehead atoms. The van der Waals surface area contributed by atoms with Gasteiger partial charge in [0.05, 0.1) is 10.6 Å². The van der Waals surface area contributed by atoms with Crippen molar-refractivity contribution in [3.63, 3.8) is 0 Å². The summed E-state index contributed by atoms with van der Waals surface area (Å²) in [6, 6.07) is 22.5. The molecule has 0 aromatic heterocycles. The number of benzene rings is 3. The van der Waals surface area contributed by atoms with Crippen LogP contribution in [-0.2, 0) is 9.59 Å². The van der Waals surface area contributed by atoms with Crippen LogP contribution in [0.4, 0.5) is 11.4 Å². The Morgan fingerprint density at radius 2 is 1.85 bits per heavy atom. The highest BCUT2D eigenvalue weighted by Crippen LogP contribution is 2.36. The van der Waals surface area contributed by atoms with Gasteiger partial charge in [0.15, 0.2) is 10.9 Å². The van der Waals surface area contributed by atoms with E-state index < -0.39 is 0 Å². The summed E-state index contributed by atoms with van der Waals surface area (Å²) in [4.78, 5) is 27.3. The van der Waals surface area contributed by atoms with Gasteiger partial charge in [-0.15, -0.1) is 0 Å². The number of carbonyl (C=O) groups excluding carboxylic acids is 2. The van der Waals surface area contributed by atoms with E-state index in [1.165, 1.54) is 16.7 Å². The molecule has 0 unspecified atom stereocenters. The van der Waals surface area contributed by atoms with Gasteiger partial charge in [-0.1, -0.05) is 66.4 Å². The number of thioether (sulfide) groups is 1. The Morgan fingerprint density at radius 3 is 2.64 bits per heavy atom. The fourth-order valence-electron chi connectivity index (χ4n) is 3.32. The number of carbonyl (C=O) groups is 2. The largest absolute Gasteiger partial charge is 0.484 e. The number of aryl methyl sites for hydroxylation is 2. The maximum atomic E-state index is 12.9. The van der Waals surface area contributed by atoms with Gasteiger partial charge >= 0.3 is 0 Å². The van der Waals surface area contributed by atoms with Crippen LogP contribution in [0.25, 0.3) is 6.08 Å². The summed E-state index contributed by atoms with van der Waals surface area (Å²) in [6.45, 7) is 3.80. The van der Waals surface area contributed by atoms with Crippen molar-refractivity contribution in [3.05, 3.63) is 94.4 Å². The van der Waals surface area contributed by atoms with Crippen molar-refractivity contribution in [2.24, 2.45) is 0 Å². The molecule has 0 atom stereocenters. The first kappa shape index (κ1) is 22.8. The average molecular weight is 475 g/mol. The van der Waals surface area contributed by atoms with Crippen molar-refractivity contribution >= 4 is 57.6 Å². The van der Waals surface area contributed by atoms with Gasteiger partial charge in [-0.05, 0) is 66.9 Å². The molecule has 1 N–H and O–H groups in total. The predicted molar refractivity (Wildman–Crippen MR) is 139 cm³/mol. The Kier molecular flexibility index (Phi) is 6.91. The molecule has 3 aromatic carbocycles. The maximum absolute atomic E-state index is 12.9. The van der Waals surface area contributed by atoms with Gasteiger partial charge in [0.1, 0.15) is 5.75 Å². The molecule has 3 aromatic rings. The zero-order valence-corrected chi connectivity index (χ0v) is 19.8. The van der Waals surface area contributed by atoms with Crippen LogP contribution in [0, 0.1) is 13.8 Å². The van der Waals surface area contributed by atoms with Gasteiger partial charge in [0, 0.05) is 5.69 Å². The third-order valence-electron chi connectivity index (χ3n) is 5.00. The van der Waals surface area contributed by atoms with Crippen molar-refractivity contribution in [3.8, 4) is 5.75 Å². The fourth-order valence-corrected chi connectivity index (χ4v) is 4.62. The molecule has 1 saturated heterocycles. The van der Waals surface area contributed by atoms with Crippen LogP contribution in [0.3, 0.4) is 0 Å². The van der Waals surface area contributed by atoms with Crippen LogP contribution >= 0.6 is 24.0 Å². The van der Waals surface area contributed by atoms with E-state index in [1.54, 1.807) is 18.2 Å². The lowest BCUT2D eigenvalue weighted by Gasteiger charge is -2.13. The summed E-state index contributed by atoms with van der Waals surface area (Å²) in [6.07, 6.45) is 1.78. The number of rotatable bonds is 6. The Bertz CT molecular complexity index is 1260. The first-order valence-electron chi connectivity index (χ1n) is 10.3. The summed E-state index contributed by atoms with van der Waals surface area (Å²) in [5.41, 5.74) is 4.37. The van der Waals surface area contributed by atoms with Crippen LogP contribution in [0.2, 0.25) is 0 Å². The lowest BCUT2D eigenvalue weighted by atomic mass is 10.1. The molecule has 7 heteroatoms. The van der Waals surface area contributed by atoms with Crippen LogP contribution < -0.4 is 15.0 Å². The van der Waals surface area contributed by atoms with E-state index in [2.05, 4.69) is 5.32 Å². The van der Waals surface area contributed by atoms with Crippen molar-refractivity contribution < 1.29 is 14.3 Å². The monoisotopic (exact) mass is 474 g/mol. The predicted octanol–water partition coefficient (Wildman–Crippen LogP) is 5.73. The number of nitrogens with one attached hydrogen (secondary N) is 1. The van der Waals surface area contributed by atoms with E-state index in [9.17, 15) is 9.59 Å². The summed E-state index contributed by atoms with van der Waals surface area (Å²) >= 11 is 6.68. The third-order valence-corrected chi connectivity index (χ3v) is 6.30. The summed E-state index contributed by atoms with van der Waals surface area (Å²) in [5.74, 6) is 0.145. The minimum Gasteiger partial charge on any atom is -0.484 e. The molecule has 1 heterocycles. The number of hydrogen-bond donors (Lipinski definition) is 1. The Balaban J connectivity index is 1.42. The van der Waals surface area contributed by atoms with Gasteiger partial charge in [0.25, 0.3) is 11.8 Å². The lowest BCUT2D eigenvalue weighted by molar-refractivity contribution is -0.118. The molecule has 4 rings (SSSR count). The first-order valence-corrected chi connectivity index (χ1v) is 11.6. The number of para-hydroxylation sites is 1. The summed E-state index contributed by atoms with van der Waals surface area (Å²) < 4.78 is 6.18. The SMILES string of the molecule is Cc1ccc(C)c(NC(=O)COc2cccc(/C=C3\SC(=S)N(c4ccccc4)C3=O)c2)c1. The standard InChI is InChI=1S/C26H22N2O3S2/c1-17-11-12-18(2)22(13-17)27-24(29)16-31-21-10-6-7-19(14-21)15-23-25(30)28(26(32)33-23)20-8-4-3-5-9-20/h3-15H,16H2,1-2H3,(H,27,29)/b23-15-. The van der Waals surface area contributed by atoms with Crippen molar-refractivity contribution in [1.82, 2.24) is 0 Å². The molecule has 5 nitrogen and oxygen atoms in total. The van der Waals surface area contributed by atoms with Gasteiger partial charge in [0.2, 0.25) is 0 Å². The Morgan fingerprint density at radius 1 is 1.06 bits per heavy atom. The molecule has 166 valence electrons. The molecular formula is C26H22N2O3S2. The molecule has 1 aliphatic rings. The molecule has 0 radical (unpaired) electrons. The second kappa shape index (κ2) is 10.0. The van der Waals surface area contributed by atoms with E-state index in [4.69, 9.17) is 17.0 Å². The summed E-state index contributed by atoms with van der Waals surface area (Å²) in [5, 5.41) is 2.88. The third kappa shape index (κ3) is 5.50. The topological polar surface area (TPSA) is 58.6 Å². The highest BCUT2D eigenvalue weighted by molar-refractivity contribution is 8.27. The highest BCUT2D eigenvalue weighted by atomic mass is 32.2. The molecule has 0 spiro atoms. The minimum absolute atomic E-state index is 0.118. The van der Waals surface area contributed by atoms with E-state index in [0.717, 1.165) is 28.1 Å².